The van der Waals surface area contributed by atoms with E-state index in [1.54, 1.807) is 0 Å². The van der Waals surface area contributed by atoms with Crippen LogP contribution in [0, 0.1) is 18.8 Å². The highest BCUT2D eigenvalue weighted by Crippen LogP contribution is 2.33. The number of anilines is 1. The van der Waals surface area contributed by atoms with E-state index in [0.717, 1.165) is 28.6 Å². The van der Waals surface area contributed by atoms with Crippen LogP contribution in [0.25, 0.3) is 10.2 Å². The van der Waals surface area contributed by atoms with Crippen molar-refractivity contribution >= 4 is 38.6 Å². The number of nitrogens with one attached hydrogen (secondary N) is 1. The Balaban J connectivity index is 1.80. The van der Waals surface area contributed by atoms with Crippen molar-refractivity contribution in [2.45, 2.75) is 32.6 Å². The number of carbonyl (C=O) groups is 2. The first kappa shape index (κ1) is 15.0. The fourth-order valence-corrected chi connectivity index (χ4v) is 4.02. The zero-order valence-corrected chi connectivity index (χ0v) is 13.2. The molecule has 0 unspecified atom stereocenters. The Morgan fingerprint density at radius 2 is 2.00 bits per heavy atom. The minimum atomic E-state index is -0.875. The van der Waals surface area contributed by atoms with Crippen LogP contribution in [0.3, 0.4) is 0 Å². The van der Waals surface area contributed by atoms with Crippen molar-refractivity contribution in [2.24, 2.45) is 11.8 Å². The summed E-state index contributed by atoms with van der Waals surface area (Å²) in [5.74, 6) is -2.13. The van der Waals surface area contributed by atoms with E-state index in [0.29, 0.717) is 18.0 Å². The standard InChI is InChI=1S/C16H18N2O3S/c1-9-5-4-8-12-13(9)17-16(22-12)18-14(19)10-6-2-3-7-11(10)15(20)21/h4-5,8,10-11H,2-3,6-7H2,1H3,(H,20,21)(H,17,18,19)/t10-,11+/m0/s1. The quantitative estimate of drug-likeness (QED) is 0.908. The zero-order chi connectivity index (χ0) is 15.7. The average molecular weight is 318 g/mol. The summed E-state index contributed by atoms with van der Waals surface area (Å²) in [5, 5.41) is 12.6. The molecule has 1 amide bonds. The summed E-state index contributed by atoms with van der Waals surface area (Å²) in [5.41, 5.74) is 1.96. The Morgan fingerprint density at radius 3 is 2.68 bits per heavy atom. The number of para-hydroxylation sites is 1. The number of thiazole rings is 1. The minimum Gasteiger partial charge on any atom is -0.481 e. The highest BCUT2D eigenvalue weighted by Gasteiger charge is 2.36. The van der Waals surface area contributed by atoms with E-state index in [1.807, 2.05) is 25.1 Å². The van der Waals surface area contributed by atoms with Crippen LogP contribution in [0.15, 0.2) is 18.2 Å². The highest BCUT2D eigenvalue weighted by molar-refractivity contribution is 7.22. The van der Waals surface area contributed by atoms with Gasteiger partial charge in [-0.2, -0.15) is 0 Å². The molecule has 1 aromatic heterocycles. The van der Waals surface area contributed by atoms with Gasteiger partial charge < -0.3 is 10.4 Å². The molecule has 6 heteroatoms. The van der Waals surface area contributed by atoms with Crippen LogP contribution in [-0.2, 0) is 9.59 Å². The second-order valence-electron chi connectivity index (χ2n) is 5.77. The lowest BCUT2D eigenvalue weighted by Crippen LogP contribution is -2.36. The largest absolute Gasteiger partial charge is 0.481 e. The molecule has 1 aliphatic rings. The lowest BCUT2D eigenvalue weighted by molar-refractivity contribution is -0.147. The van der Waals surface area contributed by atoms with Crippen molar-refractivity contribution in [2.75, 3.05) is 5.32 Å². The Bertz CT molecular complexity index is 725. The number of amides is 1. The third-order valence-corrected chi connectivity index (χ3v) is 5.21. The van der Waals surface area contributed by atoms with E-state index in [4.69, 9.17) is 0 Å². The monoisotopic (exact) mass is 318 g/mol. The van der Waals surface area contributed by atoms with E-state index in [9.17, 15) is 14.7 Å². The molecule has 0 aliphatic heterocycles. The molecule has 1 heterocycles. The molecule has 2 aromatic rings. The van der Waals surface area contributed by atoms with Crippen molar-refractivity contribution in [3.05, 3.63) is 23.8 Å². The van der Waals surface area contributed by atoms with Gasteiger partial charge in [-0.15, -0.1) is 0 Å². The molecule has 0 bridgehead atoms. The van der Waals surface area contributed by atoms with Crippen LogP contribution in [0.2, 0.25) is 0 Å². The number of hydrogen-bond acceptors (Lipinski definition) is 4. The summed E-state index contributed by atoms with van der Waals surface area (Å²) in [7, 11) is 0. The number of carboxylic acids is 1. The SMILES string of the molecule is Cc1cccc2sc(NC(=O)[C@H]3CCCC[C@H]3C(=O)O)nc12. The number of hydrogen-bond donors (Lipinski definition) is 2. The van der Waals surface area contributed by atoms with Crippen molar-refractivity contribution < 1.29 is 14.7 Å². The van der Waals surface area contributed by atoms with Gasteiger partial charge >= 0.3 is 5.97 Å². The number of nitrogens with zero attached hydrogens (tertiary/aromatic N) is 1. The van der Waals surface area contributed by atoms with Crippen molar-refractivity contribution in [1.82, 2.24) is 4.98 Å². The highest BCUT2D eigenvalue weighted by atomic mass is 32.1. The first-order valence-corrected chi connectivity index (χ1v) is 8.28. The van der Waals surface area contributed by atoms with Crippen molar-refractivity contribution in [1.29, 1.82) is 0 Å². The Morgan fingerprint density at radius 1 is 1.27 bits per heavy atom. The molecule has 22 heavy (non-hydrogen) atoms. The van der Waals surface area contributed by atoms with Gasteiger partial charge in [-0.05, 0) is 31.4 Å². The number of aliphatic carboxylic acids is 1. The second-order valence-corrected chi connectivity index (χ2v) is 6.80. The van der Waals surface area contributed by atoms with Gasteiger partial charge in [-0.3, -0.25) is 9.59 Å². The summed E-state index contributed by atoms with van der Waals surface area (Å²) in [4.78, 5) is 28.2. The summed E-state index contributed by atoms with van der Waals surface area (Å²) < 4.78 is 1.02. The average Bonchev–Trinajstić information content (AvgIpc) is 2.91. The van der Waals surface area contributed by atoms with Gasteiger partial charge in [0.25, 0.3) is 0 Å². The van der Waals surface area contributed by atoms with E-state index in [2.05, 4.69) is 10.3 Å². The second kappa shape index (κ2) is 6.04. The van der Waals surface area contributed by atoms with Gasteiger partial charge in [-0.1, -0.05) is 36.3 Å². The summed E-state index contributed by atoms with van der Waals surface area (Å²) in [6.45, 7) is 1.98. The maximum absolute atomic E-state index is 12.4. The van der Waals surface area contributed by atoms with E-state index in [1.165, 1.54) is 11.3 Å². The smallest absolute Gasteiger partial charge is 0.307 e. The first-order valence-electron chi connectivity index (χ1n) is 7.46. The van der Waals surface area contributed by atoms with E-state index in [-0.39, 0.29) is 5.91 Å². The number of benzene rings is 1. The molecule has 0 radical (unpaired) electrons. The van der Waals surface area contributed by atoms with Crippen LogP contribution in [0.5, 0.6) is 0 Å². The van der Waals surface area contributed by atoms with E-state index < -0.39 is 17.8 Å². The van der Waals surface area contributed by atoms with Gasteiger partial charge in [0.05, 0.1) is 22.1 Å². The van der Waals surface area contributed by atoms with Crippen LogP contribution in [0.1, 0.15) is 31.2 Å². The van der Waals surface area contributed by atoms with Gasteiger partial charge in [0.1, 0.15) is 0 Å². The summed E-state index contributed by atoms with van der Waals surface area (Å²) in [6.07, 6.45) is 2.99. The Hall–Kier alpha value is -1.95. The molecule has 116 valence electrons. The molecule has 5 nitrogen and oxygen atoms in total. The number of aryl methyl sites for hydroxylation is 1. The molecule has 1 fully saturated rings. The predicted octanol–water partition coefficient (Wildman–Crippen LogP) is 3.43. The van der Waals surface area contributed by atoms with Crippen molar-refractivity contribution in [3.8, 4) is 0 Å². The molecule has 2 atom stereocenters. The Kier molecular flexibility index (Phi) is 4.11. The number of rotatable bonds is 3. The summed E-state index contributed by atoms with van der Waals surface area (Å²) in [6, 6.07) is 5.91. The number of carbonyl (C=O) groups excluding carboxylic acids is 1. The molecular formula is C16H18N2O3S. The van der Waals surface area contributed by atoms with Crippen LogP contribution < -0.4 is 5.32 Å². The minimum absolute atomic E-state index is 0.219. The normalized spacial score (nSPS) is 21.7. The van der Waals surface area contributed by atoms with Crippen molar-refractivity contribution in [3.63, 3.8) is 0 Å². The molecule has 2 N–H and O–H groups in total. The van der Waals surface area contributed by atoms with Gasteiger partial charge in [0, 0.05) is 0 Å². The number of carboxylic acid groups (broad SMARTS) is 1. The number of aromatic nitrogens is 1. The molecule has 3 rings (SSSR count). The molecule has 0 spiro atoms. The molecule has 0 saturated heterocycles. The maximum Gasteiger partial charge on any atom is 0.307 e. The fourth-order valence-electron chi connectivity index (χ4n) is 3.08. The number of fused-ring (bicyclic) bond motifs is 1. The fraction of sp³-hybridized carbons (Fsp3) is 0.438. The third-order valence-electron chi connectivity index (χ3n) is 4.27. The molecular weight excluding hydrogens is 300 g/mol. The van der Waals surface area contributed by atoms with Crippen LogP contribution in [-0.4, -0.2) is 22.0 Å². The van der Waals surface area contributed by atoms with Gasteiger partial charge in [0.15, 0.2) is 5.13 Å². The Labute approximate surface area is 132 Å². The maximum atomic E-state index is 12.4. The van der Waals surface area contributed by atoms with Crippen LogP contribution in [0.4, 0.5) is 5.13 Å². The van der Waals surface area contributed by atoms with Gasteiger partial charge in [-0.25, -0.2) is 4.98 Å². The molecule has 1 aliphatic carbocycles. The topological polar surface area (TPSA) is 79.3 Å². The summed E-state index contributed by atoms with van der Waals surface area (Å²) >= 11 is 1.42. The molecule has 1 saturated carbocycles. The lowest BCUT2D eigenvalue weighted by Gasteiger charge is -2.26. The molecule has 1 aromatic carbocycles. The zero-order valence-electron chi connectivity index (χ0n) is 12.3. The van der Waals surface area contributed by atoms with Crippen LogP contribution >= 0.6 is 11.3 Å². The first-order chi connectivity index (χ1) is 10.6. The third kappa shape index (κ3) is 2.83. The van der Waals surface area contributed by atoms with E-state index >= 15 is 0 Å². The van der Waals surface area contributed by atoms with Gasteiger partial charge in [0.2, 0.25) is 5.91 Å². The predicted molar refractivity (Wildman–Crippen MR) is 86.1 cm³/mol. The lowest BCUT2D eigenvalue weighted by atomic mass is 9.79.